The average molecular weight is 353 g/mol. The highest BCUT2D eigenvalue weighted by atomic mass is 19.1. The Hall–Kier alpha value is -2.95. The van der Waals surface area contributed by atoms with Gasteiger partial charge in [0.15, 0.2) is 0 Å². The zero-order valence-corrected chi connectivity index (χ0v) is 14.8. The van der Waals surface area contributed by atoms with Crippen LogP contribution in [0.1, 0.15) is 41.9 Å². The van der Waals surface area contributed by atoms with Crippen molar-refractivity contribution in [2.45, 2.75) is 33.2 Å². The Kier molecular flexibility index (Phi) is 5.16. The molecule has 0 aliphatic carbocycles. The summed E-state index contributed by atoms with van der Waals surface area (Å²) in [5, 5.41) is 0.962. The number of ether oxygens (including phenoxy) is 1. The number of rotatable bonds is 5. The highest BCUT2D eigenvalue weighted by Crippen LogP contribution is 2.25. The lowest BCUT2D eigenvalue weighted by Crippen LogP contribution is -2.10. The Morgan fingerprint density at radius 2 is 1.88 bits per heavy atom. The standard InChI is InChI=1S/C21H20FNO3/c1-3-6-18-11-15-9-10-16(21(25)26-14(2)24)12-20(15)23(18)13-17-7-4-5-8-19(17)22/h4-5,7-12H,3,6,13H2,1-2H3. The molecule has 0 bridgehead atoms. The highest BCUT2D eigenvalue weighted by Gasteiger charge is 2.15. The van der Waals surface area contributed by atoms with E-state index in [1.54, 1.807) is 30.3 Å². The van der Waals surface area contributed by atoms with Crippen molar-refractivity contribution in [1.82, 2.24) is 4.57 Å². The molecule has 0 saturated carbocycles. The predicted octanol–water partition coefficient (Wildman–Crippen LogP) is 4.48. The number of fused-ring (bicyclic) bond motifs is 1. The van der Waals surface area contributed by atoms with Crippen molar-refractivity contribution >= 4 is 22.8 Å². The first kappa shape index (κ1) is 17.9. The second-order valence-electron chi connectivity index (χ2n) is 6.22. The van der Waals surface area contributed by atoms with E-state index in [1.165, 1.54) is 13.0 Å². The predicted molar refractivity (Wildman–Crippen MR) is 97.5 cm³/mol. The largest absolute Gasteiger partial charge is 0.390 e. The van der Waals surface area contributed by atoms with Crippen LogP contribution in [0.25, 0.3) is 10.9 Å². The van der Waals surface area contributed by atoms with Crippen LogP contribution in [0, 0.1) is 5.82 Å². The first-order valence-corrected chi connectivity index (χ1v) is 8.58. The fourth-order valence-electron chi connectivity index (χ4n) is 3.08. The van der Waals surface area contributed by atoms with Gasteiger partial charge in [-0.3, -0.25) is 4.79 Å². The van der Waals surface area contributed by atoms with Crippen molar-refractivity contribution in [1.29, 1.82) is 0 Å². The van der Waals surface area contributed by atoms with Crippen LogP contribution < -0.4 is 0 Å². The molecule has 0 aliphatic rings. The molecule has 1 aromatic heterocycles. The molecular formula is C21H20FNO3. The van der Waals surface area contributed by atoms with Crippen molar-refractivity contribution in [3.8, 4) is 0 Å². The molecule has 0 atom stereocenters. The number of nitrogens with zero attached hydrogens (tertiary/aromatic N) is 1. The Morgan fingerprint density at radius 3 is 2.58 bits per heavy atom. The first-order chi connectivity index (χ1) is 12.5. The molecule has 2 aromatic carbocycles. The molecule has 0 fully saturated rings. The van der Waals surface area contributed by atoms with Crippen LogP contribution in [0.15, 0.2) is 48.5 Å². The van der Waals surface area contributed by atoms with Crippen LogP contribution in [0.2, 0.25) is 0 Å². The number of aromatic nitrogens is 1. The average Bonchev–Trinajstić information content (AvgIpc) is 2.93. The number of esters is 2. The molecule has 4 nitrogen and oxygen atoms in total. The minimum Gasteiger partial charge on any atom is -0.390 e. The van der Waals surface area contributed by atoms with Gasteiger partial charge in [0, 0.05) is 23.7 Å². The van der Waals surface area contributed by atoms with Gasteiger partial charge in [0.05, 0.1) is 12.1 Å². The van der Waals surface area contributed by atoms with E-state index in [-0.39, 0.29) is 5.82 Å². The molecule has 0 unspecified atom stereocenters. The maximum atomic E-state index is 14.1. The molecule has 5 heteroatoms. The molecule has 26 heavy (non-hydrogen) atoms. The van der Waals surface area contributed by atoms with E-state index in [0.29, 0.717) is 17.7 Å². The zero-order valence-electron chi connectivity index (χ0n) is 14.8. The maximum absolute atomic E-state index is 14.1. The second kappa shape index (κ2) is 7.52. The van der Waals surface area contributed by atoms with Gasteiger partial charge in [-0.15, -0.1) is 0 Å². The fourth-order valence-corrected chi connectivity index (χ4v) is 3.08. The SMILES string of the molecule is CCCc1cc2ccc(C(=O)OC(C)=O)cc2n1Cc1ccccc1F. The monoisotopic (exact) mass is 353 g/mol. The smallest absolute Gasteiger partial charge is 0.345 e. The fraction of sp³-hybridized carbons (Fsp3) is 0.238. The normalized spacial score (nSPS) is 10.9. The van der Waals surface area contributed by atoms with Crippen LogP contribution in [-0.2, 0) is 22.5 Å². The summed E-state index contributed by atoms with van der Waals surface area (Å²) in [6.07, 6.45) is 1.79. The van der Waals surface area contributed by atoms with E-state index in [2.05, 4.69) is 17.7 Å². The van der Waals surface area contributed by atoms with Gasteiger partial charge in [0.1, 0.15) is 5.82 Å². The molecule has 0 amide bonds. The van der Waals surface area contributed by atoms with E-state index >= 15 is 0 Å². The number of benzene rings is 2. The Labute approximate surface area is 151 Å². The lowest BCUT2D eigenvalue weighted by molar-refractivity contribution is -0.135. The van der Waals surface area contributed by atoms with Crippen LogP contribution >= 0.6 is 0 Å². The minimum atomic E-state index is -0.685. The van der Waals surface area contributed by atoms with Gasteiger partial charge in [-0.1, -0.05) is 37.6 Å². The van der Waals surface area contributed by atoms with Crippen molar-refractivity contribution in [3.63, 3.8) is 0 Å². The third-order valence-corrected chi connectivity index (χ3v) is 4.25. The number of carbonyl (C=O) groups is 2. The van der Waals surface area contributed by atoms with Gasteiger partial charge in [-0.05, 0) is 36.1 Å². The van der Waals surface area contributed by atoms with Gasteiger partial charge in [0.2, 0.25) is 0 Å². The van der Waals surface area contributed by atoms with Gasteiger partial charge < -0.3 is 9.30 Å². The van der Waals surface area contributed by atoms with Crippen molar-refractivity contribution in [2.75, 3.05) is 0 Å². The van der Waals surface area contributed by atoms with Crippen molar-refractivity contribution < 1.29 is 18.7 Å². The molecule has 0 aliphatic heterocycles. The third kappa shape index (κ3) is 3.67. The van der Waals surface area contributed by atoms with Crippen LogP contribution in [-0.4, -0.2) is 16.5 Å². The lowest BCUT2D eigenvalue weighted by atomic mass is 10.1. The van der Waals surface area contributed by atoms with E-state index in [0.717, 1.165) is 29.4 Å². The summed E-state index contributed by atoms with van der Waals surface area (Å²) in [5.41, 5.74) is 2.76. The van der Waals surface area contributed by atoms with Crippen LogP contribution in [0.5, 0.6) is 0 Å². The summed E-state index contributed by atoms with van der Waals surface area (Å²) in [6, 6.07) is 13.9. The topological polar surface area (TPSA) is 48.3 Å². The summed E-state index contributed by atoms with van der Waals surface area (Å²) in [5.74, 6) is -1.59. The molecule has 134 valence electrons. The number of halogens is 1. The quantitative estimate of drug-likeness (QED) is 0.502. The van der Waals surface area contributed by atoms with Gasteiger partial charge in [-0.25, -0.2) is 9.18 Å². The first-order valence-electron chi connectivity index (χ1n) is 8.58. The number of carbonyl (C=O) groups excluding carboxylic acids is 2. The third-order valence-electron chi connectivity index (χ3n) is 4.25. The summed E-state index contributed by atoms with van der Waals surface area (Å²) in [6.45, 7) is 3.65. The highest BCUT2D eigenvalue weighted by molar-refractivity contribution is 5.99. The molecule has 3 aromatic rings. The molecule has 0 N–H and O–H groups in total. The molecule has 3 rings (SSSR count). The van der Waals surface area contributed by atoms with Gasteiger partial charge >= 0.3 is 11.9 Å². The van der Waals surface area contributed by atoms with Gasteiger partial charge in [-0.2, -0.15) is 0 Å². The zero-order chi connectivity index (χ0) is 18.7. The van der Waals surface area contributed by atoms with E-state index < -0.39 is 11.9 Å². The maximum Gasteiger partial charge on any atom is 0.345 e. The van der Waals surface area contributed by atoms with Crippen LogP contribution in [0.4, 0.5) is 4.39 Å². The molecule has 0 radical (unpaired) electrons. The summed E-state index contributed by atoms with van der Waals surface area (Å²) in [4.78, 5) is 23.1. The Balaban J connectivity index is 2.08. The number of hydrogen-bond donors (Lipinski definition) is 0. The van der Waals surface area contributed by atoms with Gasteiger partial charge in [0.25, 0.3) is 0 Å². The lowest BCUT2D eigenvalue weighted by Gasteiger charge is -2.12. The molecular weight excluding hydrogens is 333 g/mol. The minimum absolute atomic E-state index is 0.260. The molecule has 0 spiro atoms. The van der Waals surface area contributed by atoms with Crippen LogP contribution in [0.3, 0.4) is 0 Å². The summed E-state index contributed by atoms with van der Waals surface area (Å²) >= 11 is 0. The Morgan fingerprint density at radius 1 is 1.12 bits per heavy atom. The summed E-state index contributed by atoms with van der Waals surface area (Å²) < 4.78 is 20.8. The number of hydrogen-bond acceptors (Lipinski definition) is 3. The second-order valence-corrected chi connectivity index (χ2v) is 6.22. The van der Waals surface area contributed by atoms with E-state index in [9.17, 15) is 14.0 Å². The number of aryl methyl sites for hydroxylation is 1. The van der Waals surface area contributed by atoms with E-state index in [4.69, 9.17) is 0 Å². The molecule has 1 heterocycles. The molecule has 0 saturated heterocycles. The summed E-state index contributed by atoms with van der Waals surface area (Å²) in [7, 11) is 0. The van der Waals surface area contributed by atoms with Crippen molar-refractivity contribution in [2.24, 2.45) is 0 Å². The van der Waals surface area contributed by atoms with Crippen molar-refractivity contribution in [3.05, 3.63) is 71.2 Å². The Bertz CT molecular complexity index is 975. The van der Waals surface area contributed by atoms with E-state index in [1.807, 2.05) is 10.6 Å².